The second-order valence-electron chi connectivity index (χ2n) is 9.54. The van der Waals surface area contributed by atoms with Crippen LogP contribution in [0.25, 0.3) is 11.0 Å². The lowest BCUT2D eigenvalue weighted by atomic mass is 10.1. The molecule has 2 N–H and O–H groups in total. The monoisotopic (exact) mass is 543 g/mol. The van der Waals surface area contributed by atoms with Crippen molar-refractivity contribution < 1.29 is 19.3 Å². The summed E-state index contributed by atoms with van der Waals surface area (Å²) in [5, 5.41) is 16.9. The minimum absolute atomic E-state index is 0.147. The summed E-state index contributed by atoms with van der Waals surface area (Å²) < 4.78 is 2.25. The predicted octanol–water partition coefficient (Wildman–Crippen LogP) is 2.39. The molecule has 0 aliphatic carbocycles. The molecule has 0 saturated carbocycles. The van der Waals surface area contributed by atoms with Gasteiger partial charge in [0, 0.05) is 18.2 Å². The fourth-order valence-corrected chi connectivity index (χ4v) is 4.61. The van der Waals surface area contributed by atoms with Gasteiger partial charge in [-0.2, -0.15) is 0 Å². The van der Waals surface area contributed by atoms with E-state index in [0.29, 0.717) is 12.7 Å². The number of carbonyl (C=O) groups is 3. The Kier molecular flexibility index (Phi) is 8.85. The molecule has 2 atom stereocenters. The van der Waals surface area contributed by atoms with E-state index >= 15 is 0 Å². The number of nitrogens with one attached hydrogen (secondary N) is 2. The number of benzene rings is 3. The zero-order valence-electron chi connectivity index (χ0n) is 21.9. The van der Waals surface area contributed by atoms with E-state index in [-0.39, 0.29) is 29.2 Å². The van der Waals surface area contributed by atoms with Gasteiger partial charge in [-0.1, -0.05) is 60.7 Å². The molecule has 4 rings (SSSR count). The summed E-state index contributed by atoms with van der Waals surface area (Å²) in [5.41, 5.74) is 1.35. The van der Waals surface area contributed by atoms with Crippen LogP contribution in [-0.2, 0) is 40.3 Å². The Morgan fingerprint density at radius 2 is 1.40 bits per heavy atom. The van der Waals surface area contributed by atoms with Crippen molar-refractivity contribution in [1.29, 1.82) is 0 Å². The summed E-state index contributed by atoms with van der Waals surface area (Å²) in [5.74, 6) is -1.04. The maximum absolute atomic E-state index is 13.4. The molecule has 1 aromatic heterocycles. The van der Waals surface area contributed by atoms with Crippen molar-refractivity contribution in [1.82, 2.24) is 19.8 Å². The Morgan fingerprint density at radius 1 is 0.850 bits per heavy atom. The summed E-state index contributed by atoms with van der Waals surface area (Å²) in [6.07, 6.45) is 1.48. The number of aromatic nitrogens is 2. The average Bonchev–Trinajstić information content (AvgIpc) is 3.18. The van der Waals surface area contributed by atoms with Crippen molar-refractivity contribution in [3.05, 3.63) is 111 Å². The molecule has 11 heteroatoms. The minimum atomic E-state index is -0.808. The lowest BCUT2D eigenvalue weighted by molar-refractivity contribution is -0.384. The Balaban J connectivity index is 1.55. The van der Waals surface area contributed by atoms with E-state index in [4.69, 9.17) is 0 Å². The molecule has 40 heavy (non-hydrogen) atoms. The number of hydrogen-bond donors (Lipinski definition) is 2. The Hall–Kier alpha value is -5.06. The lowest BCUT2D eigenvalue weighted by Gasteiger charge is -2.14. The maximum atomic E-state index is 13.4. The Labute approximate surface area is 229 Å². The topological polar surface area (TPSA) is 145 Å². The van der Waals surface area contributed by atoms with Crippen molar-refractivity contribution in [2.75, 3.05) is 0 Å². The van der Waals surface area contributed by atoms with E-state index in [1.165, 1.54) is 18.2 Å². The van der Waals surface area contributed by atoms with Crippen LogP contribution >= 0.6 is 0 Å². The second-order valence-corrected chi connectivity index (χ2v) is 9.54. The highest BCUT2D eigenvalue weighted by molar-refractivity contribution is 5.85. The highest BCUT2D eigenvalue weighted by Gasteiger charge is 2.22. The summed E-state index contributed by atoms with van der Waals surface area (Å²) in [7, 11) is 0. The standard InChI is InChI=1S/C29H29N5O6/c1-20(14-21-8-4-2-5-9-21)30-27(36)17-33-26-16-24(34(39)40)12-13-25(26)32(29(33)38)18-28(37)31-23(19-35)15-22-10-6-3-7-11-22/h2-13,16,19-20,23H,14-15,17-18H2,1H3,(H,30,36)(H,31,37)/t20?,23-/m0/s1. The summed E-state index contributed by atoms with van der Waals surface area (Å²) in [4.78, 5) is 61.6. The number of rotatable bonds is 12. The molecule has 4 aromatic rings. The molecule has 0 aliphatic heterocycles. The van der Waals surface area contributed by atoms with Gasteiger partial charge in [0.1, 0.15) is 19.4 Å². The molecule has 1 unspecified atom stereocenters. The number of nitrogens with zero attached hydrogens (tertiary/aromatic N) is 3. The number of hydrogen-bond acceptors (Lipinski definition) is 6. The maximum Gasteiger partial charge on any atom is 0.330 e. The van der Waals surface area contributed by atoms with Crippen LogP contribution in [-0.4, -0.2) is 44.2 Å². The van der Waals surface area contributed by atoms with E-state index in [0.717, 1.165) is 20.3 Å². The van der Waals surface area contributed by atoms with Gasteiger partial charge in [-0.05, 0) is 37.0 Å². The molecule has 0 saturated heterocycles. The highest BCUT2D eigenvalue weighted by Crippen LogP contribution is 2.20. The predicted molar refractivity (Wildman–Crippen MR) is 149 cm³/mol. The van der Waals surface area contributed by atoms with Gasteiger partial charge in [0.2, 0.25) is 11.8 Å². The molecule has 0 radical (unpaired) electrons. The van der Waals surface area contributed by atoms with Gasteiger partial charge in [0.15, 0.2) is 0 Å². The number of carbonyl (C=O) groups excluding carboxylic acids is 3. The summed E-state index contributed by atoms with van der Waals surface area (Å²) >= 11 is 0. The number of aldehydes is 1. The first kappa shape index (κ1) is 28.0. The number of fused-ring (bicyclic) bond motifs is 1. The van der Waals surface area contributed by atoms with Crippen molar-refractivity contribution in [2.45, 2.75) is 44.9 Å². The van der Waals surface area contributed by atoms with Crippen LogP contribution in [0.3, 0.4) is 0 Å². The normalized spacial score (nSPS) is 12.4. The van der Waals surface area contributed by atoms with Gasteiger partial charge in [-0.15, -0.1) is 0 Å². The van der Waals surface area contributed by atoms with Crippen molar-refractivity contribution in [3.8, 4) is 0 Å². The van der Waals surface area contributed by atoms with Gasteiger partial charge >= 0.3 is 5.69 Å². The van der Waals surface area contributed by atoms with Crippen LogP contribution in [0.1, 0.15) is 18.1 Å². The van der Waals surface area contributed by atoms with Gasteiger partial charge in [0.25, 0.3) is 5.69 Å². The first-order chi connectivity index (χ1) is 19.2. The largest absolute Gasteiger partial charge is 0.352 e. The van der Waals surface area contributed by atoms with Crippen LogP contribution in [0, 0.1) is 10.1 Å². The van der Waals surface area contributed by atoms with Gasteiger partial charge in [0.05, 0.1) is 22.0 Å². The summed E-state index contributed by atoms with van der Waals surface area (Å²) in [6.45, 7) is 1.01. The van der Waals surface area contributed by atoms with E-state index in [1.807, 2.05) is 67.6 Å². The first-order valence-electron chi connectivity index (χ1n) is 12.7. The third kappa shape index (κ3) is 6.87. The SMILES string of the molecule is CC(Cc1ccccc1)NC(=O)Cn1c(=O)n(CC(=O)N[C@H](C=O)Cc2ccccc2)c2ccc([N+](=O)[O-])cc21. The molecule has 3 aromatic carbocycles. The fraction of sp³-hybridized carbons (Fsp3) is 0.241. The molecular formula is C29H29N5O6. The zero-order valence-corrected chi connectivity index (χ0v) is 21.9. The van der Waals surface area contributed by atoms with Crippen LogP contribution in [0.4, 0.5) is 5.69 Å². The van der Waals surface area contributed by atoms with Crippen molar-refractivity contribution in [2.24, 2.45) is 0 Å². The zero-order chi connectivity index (χ0) is 28.6. The number of nitro groups is 1. The molecule has 0 bridgehead atoms. The van der Waals surface area contributed by atoms with Crippen molar-refractivity contribution >= 4 is 34.8 Å². The number of imidazole rings is 1. The van der Waals surface area contributed by atoms with Crippen LogP contribution in [0.5, 0.6) is 0 Å². The summed E-state index contributed by atoms with van der Waals surface area (Å²) in [6, 6.07) is 21.5. The van der Waals surface area contributed by atoms with E-state index in [1.54, 1.807) is 0 Å². The number of non-ortho nitro benzene ring substituents is 1. The van der Waals surface area contributed by atoms with Crippen molar-refractivity contribution in [3.63, 3.8) is 0 Å². The van der Waals surface area contributed by atoms with E-state index < -0.39 is 41.6 Å². The molecule has 2 amide bonds. The molecule has 0 fully saturated rings. The van der Waals surface area contributed by atoms with Gasteiger partial charge < -0.3 is 15.4 Å². The number of amides is 2. The van der Waals surface area contributed by atoms with Gasteiger partial charge in [-0.25, -0.2) is 4.79 Å². The van der Waals surface area contributed by atoms with Gasteiger partial charge in [-0.3, -0.25) is 28.8 Å². The van der Waals surface area contributed by atoms with E-state index in [2.05, 4.69) is 10.6 Å². The minimum Gasteiger partial charge on any atom is -0.352 e. The third-order valence-electron chi connectivity index (χ3n) is 6.42. The average molecular weight is 544 g/mol. The first-order valence-corrected chi connectivity index (χ1v) is 12.7. The molecule has 206 valence electrons. The lowest BCUT2D eigenvalue weighted by Crippen LogP contribution is -2.42. The quantitative estimate of drug-likeness (QED) is 0.159. The number of nitro benzene ring substituents is 1. The van der Waals surface area contributed by atoms with Crippen LogP contribution in [0.15, 0.2) is 83.7 Å². The Bertz CT molecular complexity index is 1580. The molecule has 0 aliphatic rings. The smallest absolute Gasteiger partial charge is 0.330 e. The van der Waals surface area contributed by atoms with E-state index in [9.17, 15) is 29.3 Å². The van der Waals surface area contributed by atoms with Crippen LogP contribution < -0.4 is 16.3 Å². The second kappa shape index (κ2) is 12.7. The molecular weight excluding hydrogens is 514 g/mol. The molecule has 0 spiro atoms. The highest BCUT2D eigenvalue weighted by atomic mass is 16.6. The van der Waals surface area contributed by atoms with Crippen LogP contribution in [0.2, 0.25) is 0 Å². The molecule has 11 nitrogen and oxygen atoms in total. The Morgan fingerprint density at radius 3 is 1.98 bits per heavy atom. The third-order valence-corrected chi connectivity index (χ3v) is 6.42. The fourth-order valence-electron chi connectivity index (χ4n) is 4.61. The molecule has 1 heterocycles.